The molecule has 420 valence electrons. The van der Waals surface area contributed by atoms with Crippen LogP contribution in [0.4, 0.5) is 5.69 Å². The number of nitrogens with two attached hydrogens (primary N) is 2. The van der Waals surface area contributed by atoms with Crippen LogP contribution in [0.3, 0.4) is 0 Å². The average molecular weight is 1070 g/mol. The number of Topliss-reactive ketones (excluding diaryl/α,β-unsaturated/α-hetero) is 3. The first-order valence-electron chi connectivity index (χ1n) is 24.5. The van der Waals surface area contributed by atoms with Crippen molar-refractivity contribution in [2.24, 2.45) is 23.5 Å². The molecule has 0 radical (unpaired) electrons. The van der Waals surface area contributed by atoms with Crippen molar-refractivity contribution < 1.29 is 77.3 Å². The summed E-state index contributed by atoms with van der Waals surface area (Å²) in [6.07, 6.45) is -4.12. The number of aliphatic hydroxyl groups is 1. The summed E-state index contributed by atoms with van der Waals surface area (Å²) in [5.41, 5.74) is 11.7. The number of aliphatic hydroxyl groups excluding tert-OH is 1. The first-order valence-corrected chi connectivity index (χ1v) is 24.5. The highest BCUT2D eigenvalue weighted by atomic mass is 16.5. The second-order valence-corrected chi connectivity index (χ2v) is 18.8. The molecule has 1 aromatic carbocycles. The maximum atomic E-state index is 14.3. The van der Waals surface area contributed by atoms with Crippen molar-refractivity contribution in [2.75, 3.05) is 32.0 Å². The number of amides is 8. The Hall–Kier alpha value is -7.81. The molecule has 1 heterocycles. The Bertz CT molecular complexity index is 2330. The molecule has 0 spiro atoms. The number of nitrogens with one attached hydrogen (secondary N) is 9. The Morgan fingerprint density at radius 3 is 1.91 bits per heavy atom. The Morgan fingerprint density at radius 1 is 0.763 bits per heavy atom. The summed E-state index contributed by atoms with van der Waals surface area (Å²) in [6.45, 7) is 11.0. The molecule has 2 rings (SSSR count). The molecule has 0 bridgehead atoms. The number of hydrogen-bond acceptors (Lipinski definition) is 18. The van der Waals surface area contributed by atoms with Crippen molar-refractivity contribution in [3.8, 4) is 0 Å². The zero-order valence-electron chi connectivity index (χ0n) is 43.7. The molecule has 10 atom stereocenters. The van der Waals surface area contributed by atoms with Crippen LogP contribution in [0.1, 0.15) is 97.3 Å². The number of ether oxygens (including phenoxy) is 1. The minimum Gasteiger partial charge on any atom is -0.481 e. The molecule has 1 aromatic rings. The number of ketones is 3. The van der Waals surface area contributed by atoms with E-state index in [0.29, 0.717) is 0 Å². The number of esters is 1. The Balaban J connectivity index is 2.71. The summed E-state index contributed by atoms with van der Waals surface area (Å²) in [5, 5.41) is 41.6. The third-order valence-electron chi connectivity index (χ3n) is 11.9. The number of nitrogen functional groups attached to an aromatic ring is 1. The van der Waals surface area contributed by atoms with Crippen molar-refractivity contribution in [1.29, 1.82) is 0 Å². The van der Waals surface area contributed by atoms with E-state index in [9.17, 15) is 72.5 Å². The summed E-state index contributed by atoms with van der Waals surface area (Å²) in [6, 6.07) is -4.28. The van der Waals surface area contributed by atoms with Gasteiger partial charge in [0.2, 0.25) is 47.3 Å². The van der Waals surface area contributed by atoms with Gasteiger partial charge in [0, 0.05) is 42.1 Å². The van der Waals surface area contributed by atoms with Gasteiger partial charge in [-0.15, -0.1) is 0 Å². The molecule has 10 unspecified atom stereocenters. The minimum absolute atomic E-state index is 0.00979. The normalized spacial score (nSPS) is 25.3. The lowest BCUT2D eigenvalue weighted by molar-refractivity contribution is -0.155. The predicted octanol–water partition coefficient (Wildman–Crippen LogP) is -3.51. The smallest absolute Gasteiger partial charge is 0.329 e. The number of rotatable bonds is 14. The molecule has 0 aliphatic carbocycles. The second-order valence-electron chi connectivity index (χ2n) is 18.8. The predicted molar refractivity (Wildman–Crippen MR) is 270 cm³/mol. The van der Waals surface area contributed by atoms with E-state index in [4.69, 9.17) is 16.2 Å². The first-order chi connectivity index (χ1) is 35.6. The van der Waals surface area contributed by atoms with Gasteiger partial charge in [0.05, 0.1) is 44.1 Å². The van der Waals surface area contributed by atoms with Crippen LogP contribution in [0, 0.1) is 17.8 Å². The zero-order chi connectivity index (χ0) is 57.6. The molecule has 1 aliphatic heterocycles. The largest absolute Gasteiger partial charge is 0.481 e. The lowest BCUT2D eigenvalue weighted by Gasteiger charge is -2.31. The standard InChI is InChI=1S/C49H73N11O16/c1-23(2)41-26(5)54-34(19-36(63)31-12-9-10-13-32(31)51)49(75)76-29(8)42(60-46(72)30(17-25(4)62)18-40(67)68)48(74)53-21-38(65)57-33(14-11-15-50)37(64)16-24(3)43(69)55-28(7)45(71)56-27(6)44(70)52-20-39(66)58-35(22-61)47(73)59-41/h9-10,12-13,23-24,27-30,33-35,41-42,54,61H,5,11,14-22,50-51H2,1-4,6-8H3,(H,52,70)(H,53,74)(H,55,69)(H,56,71)(H,57,65)(H,58,66)(H,59,73)(H,60,72)(H,67,68). The van der Waals surface area contributed by atoms with E-state index < -0.39 is 188 Å². The summed E-state index contributed by atoms with van der Waals surface area (Å²) in [5.74, 6) is -15.4. The van der Waals surface area contributed by atoms with Gasteiger partial charge in [-0.1, -0.05) is 39.5 Å². The molecule has 27 heteroatoms. The van der Waals surface area contributed by atoms with Crippen LogP contribution in [-0.2, 0) is 62.3 Å². The topological polar surface area (TPSA) is 432 Å². The van der Waals surface area contributed by atoms with Crippen molar-refractivity contribution >= 4 is 82.2 Å². The molecule has 15 N–H and O–H groups in total. The number of carboxylic acids is 1. The number of hydrogen-bond donors (Lipinski definition) is 13. The van der Waals surface area contributed by atoms with Gasteiger partial charge in [0.25, 0.3) is 0 Å². The number of carbonyl (C=O) groups excluding carboxylic acids is 12. The van der Waals surface area contributed by atoms with Crippen molar-refractivity contribution in [3.63, 3.8) is 0 Å². The fraction of sp³-hybridized carbons (Fsp3) is 0.571. The monoisotopic (exact) mass is 1070 g/mol. The molecule has 0 saturated carbocycles. The third kappa shape index (κ3) is 21.2. The van der Waals surface area contributed by atoms with Crippen LogP contribution in [0.25, 0.3) is 0 Å². The quantitative estimate of drug-likeness (QED) is 0.0488. The minimum atomic E-state index is -1.94. The zero-order valence-corrected chi connectivity index (χ0v) is 43.7. The van der Waals surface area contributed by atoms with Crippen LogP contribution in [0.5, 0.6) is 0 Å². The van der Waals surface area contributed by atoms with Crippen LogP contribution in [-0.4, -0.2) is 161 Å². The van der Waals surface area contributed by atoms with Gasteiger partial charge < -0.3 is 79.1 Å². The fourth-order valence-corrected chi connectivity index (χ4v) is 7.56. The van der Waals surface area contributed by atoms with E-state index in [1.807, 2.05) is 0 Å². The van der Waals surface area contributed by atoms with Crippen LogP contribution < -0.4 is 59.3 Å². The summed E-state index contributed by atoms with van der Waals surface area (Å²) in [4.78, 5) is 172. The van der Waals surface area contributed by atoms with E-state index in [1.165, 1.54) is 39.0 Å². The SMILES string of the molecule is C=C1NC(CC(=O)c2ccccc2N)C(=O)OC(C)C(NC(=O)C(CC(C)=O)CC(=O)O)C(=O)NCC(=O)NC(CCCN)C(=O)CC(C)C(=O)NC(C)C(=O)NC(C)C(=O)NCC(=O)NC(CO)C(=O)NC1C(C)C. The fourth-order valence-electron chi connectivity index (χ4n) is 7.56. The molecular weight excluding hydrogens is 999 g/mol. The van der Waals surface area contributed by atoms with Gasteiger partial charge in [0.1, 0.15) is 42.1 Å². The lowest BCUT2D eigenvalue weighted by Crippen LogP contribution is -2.57. The Labute approximate surface area is 439 Å². The summed E-state index contributed by atoms with van der Waals surface area (Å²) < 4.78 is 5.72. The van der Waals surface area contributed by atoms with Crippen molar-refractivity contribution in [1.82, 2.24) is 47.9 Å². The number of carboxylic acid groups (broad SMARTS) is 1. The Morgan fingerprint density at radius 2 is 1.34 bits per heavy atom. The third-order valence-corrected chi connectivity index (χ3v) is 11.9. The van der Waals surface area contributed by atoms with Crippen LogP contribution in [0.15, 0.2) is 36.5 Å². The second kappa shape index (κ2) is 31.2. The van der Waals surface area contributed by atoms with Crippen LogP contribution in [0.2, 0.25) is 0 Å². The van der Waals surface area contributed by atoms with E-state index in [1.54, 1.807) is 19.9 Å². The van der Waals surface area contributed by atoms with Crippen LogP contribution >= 0.6 is 0 Å². The van der Waals surface area contributed by atoms with Gasteiger partial charge in [-0.2, -0.15) is 0 Å². The average Bonchev–Trinajstić information content (AvgIpc) is 3.34. The molecular formula is C49H73N11O16. The molecule has 1 fully saturated rings. The van der Waals surface area contributed by atoms with E-state index in [2.05, 4.69) is 54.4 Å². The summed E-state index contributed by atoms with van der Waals surface area (Å²) in [7, 11) is 0. The van der Waals surface area contributed by atoms with Gasteiger partial charge in [0.15, 0.2) is 11.6 Å². The molecule has 1 saturated heterocycles. The molecule has 0 aromatic heterocycles. The van der Waals surface area contributed by atoms with E-state index >= 15 is 0 Å². The van der Waals surface area contributed by atoms with Crippen molar-refractivity contribution in [3.05, 3.63) is 42.1 Å². The number of aliphatic carboxylic acids is 1. The van der Waals surface area contributed by atoms with Gasteiger partial charge in [-0.05, 0) is 65.1 Å². The number of para-hydroxylation sites is 1. The molecule has 1 aliphatic rings. The maximum absolute atomic E-state index is 14.3. The van der Waals surface area contributed by atoms with Gasteiger partial charge >= 0.3 is 11.9 Å². The van der Waals surface area contributed by atoms with E-state index in [0.717, 1.165) is 13.8 Å². The maximum Gasteiger partial charge on any atom is 0.329 e. The highest BCUT2D eigenvalue weighted by Crippen LogP contribution is 2.19. The molecule has 27 nitrogen and oxygen atoms in total. The van der Waals surface area contributed by atoms with Crippen molar-refractivity contribution in [2.45, 2.75) is 135 Å². The highest BCUT2D eigenvalue weighted by Gasteiger charge is 2.37. The van der Waals surface area contributed by atoms with E-state index in [-0.39, 0.29) is 36.3 Å². The first kappa shape index (κ1) is 64.3. The highest BCUT2D eigenvalue weighted by molar-refractivity contribution is 6.03. The lowest BCUT2D eigenvalue weighted by atomic mass is 9.96. The number of anilines is 1. The Kier molecular flexibility index (Phi) is 26.4. The van der Waals surface area contributed by atoms with Gasteiger partial charge in [-0.25, -0.2) is 4.79 Å². The number of carbonyl (C=O) groups is 13. The summed E-state index contributed by atoms with van der Waals surface area (Å²) >= 11 is 0. The molecule has 76 heavy (non-hydrogen) atoms. The number of cyclic esters (lactones) is 1. The molecule has 8 amide bonds. The van der Waals surface area contributed by atoms with Gasteiger partial charge in [-0.3, -0.25) is 52.7 Å². The number of benzene rings is 1.